The lowest BCUT2D eigenvalue weighted by atomic mass is 9.92. The monoisotopic (exact) mass is 2030 g/mol. The Kier molecular flexibility index (Phi) is 50.9. The van der Waals surface area contributed by atoms with Crippen molar-refractivity contribution in [2.75, 3.05) is 140 Å². The molecule has 142 heavy (non-hydrogen) atoms. The largest absolute Gasteiger partial charge is 0.495 e. The van der Waals surface area contributed by atoms with Crippen molar-refractivity contribution in [3.05, 3.63) is 165 Å². The van der Waals surface area contributed by atoms with E-state index in [0.29, 0.717) is 124 Å². The van der Waals surface area contributed by atoms with E-state index < -0.39 is 113 Å². The predicted octanol–water partition coefficient (Wildman–Crippen LogP) is 12.1. The number of benzene rings is 4. The highest BCUT2D eigenvalue weighted by Crippen LogP contribution is 2.47. The Morgan fingerprint density at radius 2 is 0.817 bits per heavy atom. The number of aryl methyl sites for hydroxylation is 2. The summed E-state index contributed by atoms with van der Waals surface area (Å²) in [6.07, 6.45) is 9.11. The van der Waals surface area contributed by atoms with Gasteiger partial charge in [-0.2, -0.15) is 0 Å². The third kappa shape index (κ3) is 41.8. The van der Waals surface area contributed by atoms with E-state index in [2.05, 4.69) is 64.2 Å². The molecule has 784 valence electrons. The fourth-order valence-electron chi connectivity index (χ4n) is 15.3. The average Bonchev–Trinajstić information content (AvgIpc) is 1.63. The van der Waals surface area contributed by atoms with Crippen molar-refractivity contribution < 1.29 is 143 Å². The van der Waals surface area contributed by atoms with Gasteiger partial charge in [-0.25, -0.2) is 14.4 Å². The van der Waals surface area contributed by atoms with Crippen LogP contribution in [0.15, 0.2) is 122 Å². The first-order valence-electron chi connectivity index (χ1n) is 49.0. The fourth-order valence-corrected chi connectivity index (χ4v) is 15.9. The van der Waals surface area contributed by atoms with Gasteiger partial charge in [-0.3, -0.25) is 43.2 Å². The van der Waals surface area contributed by atoms with Crippen LogP contribution >= 0.6 is 23.2 Å². The minimum absolute atomic E-state index is 0.00954. The number of rotatable bonds is 53. The summed E-state index contributed by atoms with van der Waals surface area (Å²) < 4.78 is 96.0. The molecule has 4 N–H and O–H groups in total. The minimum Gasteiger partial charge on any atom is -0.495 e. The third-order valence-electron chi connectivity index (χ3n) is 23.9. The van der Waals surface area contributed by atoms with Crippen molar-refractivity contribution in [3.8, 4) is 11.5 Å². The smallest absolute Gasteiger partial charge is 0.347 e. The lowest BCUT2D eigenvalue weighted by molar-refractivity contribution is -0.198. The van der Waals surface area contributed by atoms with Gasteiger partial charge >= 0.3 is 35.8 Å². The SMILES string of the molecule is C=CCOC(=O)CCOCCOCCOCCOCCCCc1ccc([C@H]2O[C@@H]2[C@@H](C)[C@@H]2C/C=C/C(=O)N[C@H](Cc3ccc(OC)c(Cl)c3)C(=O)NCC(C)(C)C(=O)O[C@@H](CC(C)C)C(=O)O2)cc1.COc1ccc(C[C@H]2NC(=O)/C=C/C[C@@H]([C@H](C)[C@H]3O[C@@H]3c3ccc(CCCCOCCOCCOCCOCCC(=O)ON4C(=O)CCC4=O)cc3)OC(=O)[C@H](CC(C)C)OC(=O)C(C)(C)CNC2=O)cc1Cl. The molecule has 37 heteroatoms. The van der Waals surface area contributed by atoms with Gasteiger partial charge in [0, 0.05) is 76.7 Å². The summed E-state index contributed by atoms with van der Waals surface area (Å²) in [6.45, 7) is 28.0. The number of esters is 5. The van der Waals surface area contributed by atoms with Crippen LogP contribution in [0.2, 0.25) is 10.0 Å². The molecule has 3 fully saturated rings. The van der Waals surface area contributed by atoms with Crippen molar-refractivity contribution in [3.63, 3.8) is 0 Å². The lowest BCUT2D eigenvalue weighted by Gasteiger charge is -2.29. The van der Waals surface area contributed by atoms with Gasteiger partial charge in [-0.05, 0) is 161 Å². The van der Waals surface area contributed by atoms with Crippen LogP contribution in [0.3, 0.4) is 0 Å². The van der Waals surface area contributed by atoms with Crippen LogP contribution < -0.4 is 30.7 Å². The zero-order valence-electron chi connectivity index (χ0n) is 84.0. The molecule has 0 aromatic heterocycles. The molecule has 5 aliphatic rings. The fraction of sp³-hybridized carbons (Fsp3) is 0.600. The van der Waals surface area contributed by atoms with E-state index >= 15 is 0 Å². The van der Waals surface area contributed by atoms with E-state index in [-0.39, 0.29) is 158 Å². The maximum absolute atomic E-state index is 13.9. The molecule has 6 amide bonds. The second-order valence-corrected chi connectivity index (χ2v) is 38.3. The summed E-state index contributed by atoms with van der Waals surface area (Å²) in [7, 11) is 3.00. The van der Waals surface area contributed by atoms with Crippen LogP contribution in [0.5, 0.6) is 11.5 Å². The lowest BCUT2D eigenvalue weighted by Crippen LogP contribution is -2.51. The zero-order valence-corrected chi connectivity index (χ0v) is 85.5. The Morgan fingerprint density at radius 3 is 1.17 bits per heavy atom. The van der Waals surface area contributed by atoms with E-state index in [1.165, 1.54) is 43.6 Å². The first-order chi connectivity index (χ1) is 68.1. The minimum atomic E-state index is -1.24. The van der Waals surface area contributed by atoms with Crippen LogP contribution in [0.1, 0.15) is 192 Å². The Hall–Kier alpha value is -10.3. The number of cyclic esters (lactones) is 4. The van der Waals surface area contributed by atoms with Crippen molar-refractivity contribution >= 4 is 94.5 Å². The van der Waals surface area contributed by atoms with Crippen molar-refractivity contribution in [1.29, 1.82) is 0 Å². The molecule has 0 spiro atoms. The van der Waals surface area contributed by atoms with E-state index in [9.17, 15) is 57.5 Å². The van der Waals surface area contributed by atoms with Crippen molar-refractivity contribution in [2.45, 2.75) is 233 Å². The Bertz CT molecular complexity index is 4740. The number of imide groups is 1. The average molecular weight is 2030 g/mol. The Morgan fingerprint density at radius 1 is 0.465 bits per heavy atom. The predicted molar refractivity (Wildman–Crippen MR) is 523 cm³/mol. The number of nitrogens with one attached hydrogen (secondary N) is 4. The molecule has 9 rings (SSSR count). The molecule has 12 atom stereocenters. The maximum atomic E-state index is 13.9. The molecule has 0 bridgehead atoms. The van der Waals surface area contributed by atoms with Crippen LogP contribution in [0, 0.1) is 34.5 Å². The number of hydrogen-bond acceptors (Lipinski definition) is 30. The van der Waals surface area contributed by atoms with Crippen molar-refractivity contribution in [2.24, 2.45) is 34.5 Å². The van der Waals surface area contributed by atoms with Crippen LogP contribution in [-0.4, -0.2) is 265 Å². The molecule has 0 unspecified atom stereocenters. The Balaban J connectivity index is 0.000000348. The number of halogens is 2. The highest BCUT2D eigenvalue weighted by atomic mass is 35.5. The van der Waals surface area contributed by atoms with Gasteiger partial charge in [0.2, 0.25) is 23.6 Å². The van der Waals surface area contributed by atoms with Gasteiger partial charge in [0.05, 0.1) is 153 Å². The summed E-state index contributed by atoms with van der Waals surface area (Å²) in [5, 5.41) is 12.4. The number of hydroxylamine groups is 2. The molecule has 4 aromatic rings. The van der Waals surface area contributed by atoms with Gasteiger partial charge in [-0.1, -0.05) is 150 Å². The number of epoxide rings is 2. The second kappa shape index (κ2) is 61.8. The summed E-state index contributed by atoms with van der Waals surface area (Å²) in [5.41, 5.74) is 3.25. The van der Waals surface area contributed by atoms with Gasteiger partial charge in [0.15, 0.2) is 12.2 Å². The maximum Gasteiger partial charge on any atom is 0.347 e. The topological polar surface area (TPSA) is 429 Å². The standard InChI is InChI=1S/C53H72ClN3O16.C52H73ClN2O14/c1-34(2)30-43-51(63)70-41(11-9-12-44(58)56-40(32-37-15-18-42(65-6)39(54)31-37)50(62)55-33-53(4,5)52(64)71-43)35(3)48-49(72-48)38-16-13-36(14-17-38)10-7-8-22-66-24-26-68-28-29-69-27-25-67-23-21-47(61)73-57-45(59)19-20-46(57)60;1-8-22-66-46(57)21-24-63-26-28-65-30-29-64-27-25-62-23-10-9-12-37-15-18-39(19-16-37)48-47(69-48)36(4)42-13-11-14-45(56)55-41(33-38-17-20-43(61-7)40(53)32-38)49(58)54-34-52(5,6)51(60)68-44(31-35(2)3)50(59)67-42/h9,12-18,31,34-35,40-41,43,48-49H,7-8,10-11,19-30,32-33H2,1-6H3,(H,55,62)(H,56,58);8,11,14-20,32,35-36,41-42,44,47-48H,1,9-10,12-13,21-31,33-34H2,2-7H3,(H,54,58)(H,55,56)/b12-9+;14-11+/t35-,40+,41-,43-,48+,49+;36-,41+,42-,44-,47+,48+/m00/s1. The first-order valence-corrected chi connectivity index (χ1v) is 49.7. The number of amides is 6. The number of unbranched alkanes of at least 4 members (excludes halogenated alkanes) is 2. The molecule has 5 heterocycles. The number of nitrogens with zero attached hydrogens (tertiary/aromatic N) is 1. The number of hydrogen-bond donors (Lipinski definition) is 4. The molecule has 0 aliphatic carbocycles. The van der Waals surface area contributed by atoms with Gasteiger partial charge in [0.1, 0.15) is 54.6 Å². The third-order valence-corrected chi connectivity index (χ3v) is 24.5. The molecular formula is C105H145Cl2N5O30. The highest BCUT2D eigenvalue weighted by Gasteiger charge is 2.50. The highest BCUT2D eigenvalue weighted by molar-refractivity contribution is 6.32. The van der Waals surface area contributed by atoms with E-state index in [0.717, 1.165) is 49.7 Å². The second-order valence-electron chi connectivity index (χ2n) is 37.5. The van der Waals surface area contributed by atoms with Gasteiger partial charge in [-0.15, -0.1) is 5.06 Å². The molecule has 4 aromatic carbocycles. The molecule has 5 aliphatic heterocycles. The summed E-state index contributed by atoms with van der Waals surface area (Å²) in [6, 6.07) is 24.8. The molecule has 0 radical (unpaired) electrons. The van der Waals surface area contributed by atoms with E-state index in [1.807, 2.05) is 53.7 Å². The summed E-state index contributed by atoms with van der Waals surface area (Å²) in [4.78, 5) is 160. The number of carbonyl (C=O) groups excluding carboxylic acids is 12. The van der Waals surface area contributed by atoms with Crippen LogP contribution in [0.4, 0.5) is 0 Å². The van der Waals surface area contributed by atoms with Crippen LogP contribution in [0.25, 0.3) is 0 Å². The van der Waals surface area contributed by atoms with Gasteiger partial charge < -0.3 is 107 Å². The first kappa shape index (κ1) is 117. The number of ether oxygens (including phenoxy) is 17. The van der Waals surface area contributed by atoms with Crippen LogP contribution in [-0.2, 0) is 159 Å². The Labute approximate surface area is 843 Å². The quantitative estimate of drug-likeness (QED) is 0.00796. The van der Waals surface area contributed by atoms with E-state index in [1.54, 1.807) is 76.2 Å². The van der Waals surface area contributed by atoms with Crippen molar-refractivity contribution in [1.82, 2.24) is 26.3 Å². The van der Waals surface area contributed by atoms with E-state index in [4.69, 9.17) is 109 Å². The summed E-state index contributed by atoms with van der Waals surface area (Å²) >= 11 is 12.7. The zero-order chi connectivity index (χ0) is 103. The molecule has 0 saturated carbocycles. The molecular weight excluding hydrogens is 1880 g/mol. The number of carbonyl (C=O) groups is 12. The summed E-state index contributed by atoms with van der Waals surface area (Å²) in [5.74, 6) is -6.61. The normalized spacial score (nSPS) is 22.2. The van der Waals surface area contributed by atoms with Gasteiger partial charge in [0.25, 0.3) is 11.8 Å². The number of methoxy groups -OCH3 is 2. The molecule has 35 nitrogen and oxygen atoms in total. The molecule has 3 saturated heterocycles.